The van der Waals surface area contributed by atoms with Gasteiger partial charge in [-0.2, -0.15) is 0 Å². The van der Waals surface area contributed by atoms with Crippen molar-refractivity contribution in [3.63, 3.8) is 0 Å². The van der Waals surface area contributed by atoms with Crippen LogP contribution in [-0.4, -0.2) is 33.1 Å². The van der Waals surface area contributed by atoms with E-state index in [4.69, 9.17) is 23.2 Å². The van der Waals surface area contributed by atoms with Crippen LogP contribution < -0.4 is 5.32 Å². The van der Waals surface area contributed by atoms with Gasteiger partial charge in [-0.3, -0.25) is 0 Å². The summed E-state index contributed by atoms with van der Waals surface area (Å²) in [5.74, 6) is 0.825. The van der Waals surface area contributed by atoms with E-state index in [0.29, 0.717) is 29.7 Å². The topological polar surface area (TPSA) is 50.2 Å². The molecule has 0 spiro atoms. The highest BCUT2D eigenvalue weighted by atomic mass is 35.5. The maximum Gasteiger partial charge on any atom is 0.318 e. The van der Waals surface area contributed by atoms with E-state index in [9.17, 15) is 4.79 Å². The number of halogens is 2. The van der Waals surface area contributed by atoms with Crippen LogP contribution in [0.4, 0.5) is 4.79 Å². The van der Waals surface area contributed by atoms with Gasteiger partial charge in [0, 0.05) is 31.5 Å². The number of carbonyl (C=O) groups is 1. The third-order valence-electron chi connectivity index (χ3n) is 3.86. The average molecular weight is 383 g/mol. The van der Waals surface area contributed by atoms with Gasteiger partial charge < -0.3 is 14.8 Å². The van der Waals surface area contributed by atoms with E-state index < -0.39 is 0 Å². The van der Waals surface area contributed by atoms with Gasteiger partial charge in [0.25, 0.3) is 0 Å². The molecular weight excluding hydrogens is 359 g/mol. The number of aromatic nitrogens is 2. The predicted molar refractivity (Wildman–Crippen MR) is 102 cm³/mol. The van der Waals surface area contributed by atoms with E-state index in [0.717, 1.165) is 17.8 Å². The summed E-state index contributed by atoms with van der Waals surface area (Å²) in [5, 5.41) is 3.99. The minimum atomic E-state index is -0.0686. The van der Waals surface area contributed by atoms with Gasteiger partial charge >= 0.3 is 6.03 Å². The molecule has 0 bridgehead atoms. The van der Waals surface area contributed by atoms with Gasteiger partial charge in [0.2, 0.25) is 0 Å². The smallest absolute Gasteiger partial charge is 0.318 e. The van der Waals surface area contributed by atoms with Crippen molar-refractivity contribution in [2.24, 2.45) is 0 Å². The quantitative estimate of drug-likeness (QED) is 0.762. The van der Waals surface area contributed by atoms with Gasteiger partial charge in [0.15, 0.2) is 0 Å². The lowest BCUT2D eigenvalue weighted by molar-refractivity contribution is 0.177. The van der Waals surface area contributed by atoms with Gasteiger partial charge in [0.1, 0.15) is 5.82 Å². The van der Waals surface area contributed by atoms with E-state index in [2.05, 4.69) is 10.3 Å². The number of benzene rings is 1. The number of imidazole rings is 1. The molecule has 1 heterocycles. The van der Waals surface area contributed by atoms with Gasteiger partial charge in [0.05, 0.1) is 16.6 Å². The number of carbonyl (C=O) groups excluding carboxylic acids is 1. The lowest BCUT2D eigenvalue weighted by Crippen LogP contribution is -2.44. The van der Waals surface area contributed by atoms with Gasteiger partial charge in [-0.25, -0.2) is 9.78 Å². The third-order valence-corrected chi connectivity index (χ3v) is 4.60. The van der Waals surface area contributed by atoms with Crippen molar-refractivity contribution in [3.8, 4) is 0 Å². The second-order valence-corrected chi connectivity index (χ2v) is 6.99. The molecule has 1 aromatic heterocycles. The zero-order valence-electron chi connectivity index (χ0n) is 14.8. The zero-order chi connectivity index (χ0) is 18.4. The monoisotopic (exact) mass is 382 g/mol. The molecule has 1 N–H and O–H groups in total. The molecule has 0 unspecified atom stereocenters. The normalized spacial score (nSPS) is 11.0. The minimum absolute atomic E-state index is 0.0686. The highest BCUT2D eigenvalue weighted by molar-refractivity contribution is 6.42. The summed E-state index contributed by atoms with van der Waals surface area (Å²) in [6.45, 7) is 7.76. The lowest BCUT2D eigenvalue weighted by atomic mass is 10.2. The first-order valence-corrected chi connectivity index (χ1v) is 9.16. The van der Waals surface area contributed by atoms with Crippen LogP contribution in [0.15, 0.2) is 30.6 Å². The largest absolute Gasteiger partial charge is 0.338 e. The summed E-state index contributed by atoms with van der Waals surface area (Å²) in [4.78, 5) is 18.6. The zero-order valence-corrected chi connectivity index (χ0v) is 16.3. The Morgan fingerprint density at radius 1 is 1.32 bits per heavy atom. The maximum absolute atomic E-state index is 12.4. The van der Waals surface area contributed by atoms with Crippen LogP contribution in [-0.2, 0) is 13.1 Å². The van der Waals surface area contributed by atoms with Crippen molar-refractivity contribution < 1.29 is 4.79 Å². The summed E-state index contributed by atoms with van der Waals surface area (Å²) in [6.07, 6.45) is 4.55. The fourth-order valence-corrected chi connectivity index (χ4v) is 2.77. The van der Waals surface area contributed by atoms with E-state index in [1.165, 1.54) is 0 Å². The molecule has 0 radical (unpaired) electrons. The first kappa shape index (κ1) is 19.6. The molecule has 2 rings (SSSR count). The summed E-state index contributed by atoms with van der Waals surface area (Å²) in [5.41, 5.74) is 1.03. The molecule has 0 fully saturated rings. The van der Waals surface area contributed by atoms with Crippen molar-refractivity contribution in [1.82, 2.24) is 19.8 Å². The Morgan fingerprint density at radius 2 is 2.08 bits per heavy atom. The Morgan fingerprint density at radius 3 is 2.72 bits per heavy atom. The Kier molecular flexibility index (Phi) is 7.14. The van der Waals surface area contributed by atoms with E-state index >= 15 is 0 Å². The number of hydrogen-bond acceptors (Lipinski definition) is 2. The molecule has 25 heavy (non-hydrogen) atoms. The molecule has 7 heteroatoms. The van der Waals surface area contributed by atoms with Crippen LogP contribution in [0.5, 0.6) is 0 Å². The number of urea groups is 1. The molecular formula is C18H24Cl2N4O. The number of nitrogens with one attached hydrogen (secondary N) is 1. The average Bonchev–Trinajstić information content (AvgIpc) is 3.00. The van der Waals surface area contributed by atoms with Crippen molar-refractivity contribution in [2.75, 3.05) is 6.54 Å². The van der Waals surface area contributed by atoms with Crippen LogP contribution >= 0.6 is 23.2 Å². The molecule has 0 aliphatic heterocycles. The Labute approximate surface area is 158 Å². The molecule has 0 saturated heterocycles. The number of nitrogens with zero attached hydrogens (tertiary/aromatic N) is 3. The van der Waals surface area contributed by atoms with Crippen molar-refractivity contribution in [3.05, 3.63) is 52.0 Å². The Hall–Kier alpha value is -1.72. The summed E-state index contributed by atoms with van der Waals surface area (Å²) >= 11 is 12.1. The van der Waals surface area contributed by atoms with Gasteiger partial charge in [-0.05, 0) is 38.0 Å². The van der Waals surface area contributed by atoms with Crippen molar-refractivity contribution >= 4 is 29.2 Å². The van der Waals surface area contributed by atoms with E-state index in [1.54, 1.807) is 17.2 Å². The highest BCUT2D eigenvalue weighted by Crippen LogP contribution is 2.23. The summed E-state index contributed by atoms with van der Waals surface area (Å²) < 4.78 is 2.02. The molecule has 0 aliphatic carbocycles. The van der Waals surface area contributed by atoms with Crippen LogP contribution in [0.1, 0.15) is 38.6 Å². The fraction of sp³-hybridized carbons (Fsp3) is 0.444. The van der Waals surface area contributed by atoms with E-state index in [-0.39, 0.29) is 12.1 Å². The third kappa shape index (κ3) is 5.38. The van der Waals surface area contributed by atoms with Gasteiger partial charge in [-0.15, -0.1) is 0 Å². The maximum atomic E-state index is 12.4. The van der Waals surface area contributed by atoms with Crippen LogP contribution in [0, 0.1) is 0 Å². The Bertz CT molecular complexity index is 715. The lowest BCUT2D eigenvalue weighted by Gasteiger charge is -2.27. The predicted octanol–water partition coefficient (Wildman–Crippen LogP) is 4.57. The molecule has 0 atom stereocenters. The van der Waals surface area contributed by atoms with Crippen molar-refractivity contribution in [1.29, 1.82) is 0 Å². The Balaban J connectivity index is 2.13. The first-order chi connectivity index (χ1) is 11.9. The van der Waals surface area contributed by atoms with E-state index in [1.807, 2.05) is 43.7 Å². The molecule has 136 valence electrons. The fourth-order valence-electron chi connectivity index (χ4n) is 2.45. The molecule has 2 aromatic rings. The van der Waals surface area contributed by atoms with Crippen LogP contribution in [0.25, 0.3) is 0 Å². The molecule has 2 amide bonds. The molecule has 1 aromatic carbocycles. The summed E-state index contributed by atoms with van der Waals surface area (Å²) in [6, 6.07) is 5.58. The SMILES string of the molecule is CCCNC(=O)N(Cc1nccn1Cc1ccc(Cl)c(Cl)c1)C(C)C. The molecule has 0 aliphatic rings. The van der Waals surface area contributed by atoms with Crippen LogP contribution in [0.2, 0.25) is 10.0 Å². The van der Waals surface area contributed by atoms with Crippen molar-refractivity contribution in [2.45, 2.75) is 46.3 Å². The molecule has 0 saturated carbocycles. The molecule has 5 nitrogen and oxygen atoms in total. The van der Waals surface area contributed by atoms with Crippen LogP contribution in [0.3, 0.4) is 0 Å². The highest BCUT2D eigenvalue weighted by Gasteiger charge is 2.19. The number of rotatable bonds is 7. The second-order valence-electron chi connectivity index (χ2n) is 6.17. The van der Waals surface area contributed by atoms with Gasteiger partial charge in [-0.1, -0.05) is 36.2 Å². The second kappa shape index (κ2) is 9.11. The summed E-state index contributed by atoms with van der Waals surface area (Å²) in [7, 11) is 0. The minimum Gasteiger partial charge on any atom is -0.338 e. The number of amides is 2. The standard InChI is InChI=1S/C18H24Cl2N4O/c1-4-7-22-18(25)24(13(2)3)12-17-21-8-9-23(17)11-14-5-6-15(19)16(20)10-14/h5-6,8-10,13H,4,7,11-12H2,1-3H3,(H,22,25). The number of hydrogen-bond donors (Lipinski definition) is 1. The first-order valence-electron chi connectivity index (χ1n) is 8.40.